The van der Waals surface area contributed by atoms with Crippen molar-refractivity contribution in [1.82, 2.24) is 0 Å². The number of ether oxygens (including phenoxy) is 1. The summed E-state index contributed by atoms with van der Waals surface area (Å²) >= 11 is 6.17. The number of para-hydroxylation sites is 2. The zero-order valence-corrected chi connectivity index (χ0v) is 15.5. The highest BCUT2D eigenvalue weighted by Gasteiger charge is 2.40. The first-order chi connectivity index (χ1) is 13.0. The van der Waals surface area contributed by atoms with Crippen molar-refractivity contribution in [3.63, 3.8) is 0 Å². The second kappa shape index (κ2) is 7.63. The number of esters is 1. The van der Waals surface area contributed by atoms with Crippen LogP contribution in [0.15, 0.2) is 59.3 Å². The smallest absolute Gasteiger partial charge is 0.339 e. The largest absolute Gasteiger partial charge is 0.465 e. The average molecular weight is 385 g/mol. The van der Waals surface area contributed by atoms with E-state index in [0.717, 1.165) is 16.9 Å². The number of carbonyl (C=O) groups is 3. The van der Waals surface area contributed by atoms with E-state index in [1.54, 1.807) is 18.2 Å². The van der Waals surface area contributed by atoms with Gasteiger partial charge in [0, 0.05) is 5.69 Å². The van der Waals surface area contributed by atoms with E-state index in [1.807, 2.05) is 25.1 Å². The second-order valence-corrected chi connectivity index (χ2v) is 6.16. The first kappa shape index (κ1) is 18.7. The lowest BCUT2D eigenvalue weighted by Gasteiger charge is -2.18. The summed E-state index contributed by atoms with van der Waals surface area (Å²) in [4.78, 5) is 38.5. The first-order valence-electron chi connectivity index (χ1n) is 8.30. The van der Waals surface area contributed by atoms with Gasteiger partial charge in [0.1, 0.15) is 10.7 Å². The molecular weight excluding hydrogens is 368 g/mol. The number of hydrogen-bond acceptors (Lipinski definition) is 5. The topological polar surface area (TPSA) is 75.7 Å². The fourth-order valence-electron chi connectivity index (χ4n) is 2.87. The summed E-state index contributed by atoms with van der Waals surface area (Å²) in [7, 11) is 1.23. The molecule has 1 N–H and O–H groups in total. The Balaban J connectivity index is 1.99. The van der Waals surface area contributed by atoms with Gasteiger partial charge < -0.3 is 10.1 Å². The summed E-state index contributed by atoms with van der Waals surface area (Å²) < 4.78 is 4.74. The Morgan fingerprint density at radius 3 is 2.44 bits per heavy atom. The fourth-order valence-corrected chi connectivity index (χ4v) is 3.08. The first-order valence-corrected chi connectivity index (χ1v) is 8.68. The standard InChI is InChI=1S/C20H17ClN2O4/c1-3-12-8-4-6-10-14(12)22-17-16(21)18(24)23(19(17)25)15-11-7-5-9-13(15)20(26)27-2/h4-11,22H,3H2,1-2H3. The van der Waals surface area contributed by atoms with Crippen molar-refractivity contribution in [2.75, 3.05) is 17.3 Å². The third-order valence-corrected chi connectivity index (χ3v) is 4.59. The minimum Gasteiger partial charge on any atom is -0.465 e. The number of rotatable bonds is 5. The molecule has 0 spiro atoms. The molecule has 138 valence electrons. The Morgan fingerprint density at radius 2 is 1.74 bits per heavy atom. The molecule has 0 atom stereocenters. The van der Waals surface area contributed by atoms with Crippen molar-refractivity contribution >= 4 is 40.8 Å². The minimum absolute atomic E-state index is 0.0257. The molecular formula is C20H17ClN2O4. The SMILES string of the molecule is CCc1ccccc1NC1=C(Cl)C(=O)N(c2ccccc2C(=O)OC)C1=O. The molecule has 27 heavy (non-hydrogen) atoms. The second-order valence-electron chi connectivity index (χ2n) is 5.78. The van der Waals surface area contributed by atoms with Gasteiger partial charge in [-0.05, 0) is 30.2 Å². The fraction of sp³-hybridized carbons (Fsp3) is 0.150. The number of carbonyl (C=O) groups excluding carboxylic acids is 3. The maximum atomic E-state index is 12.9. The molecule has 0 fully saturated rings. The predicted octanol–water partition coefficient (Wildman–Crippen LogP) is 3.47. The van der Waals surface area contributed by atoms with Crippen LogP contribution in [0.25, 0.3) is 0 Å². The average Bonchev–Trinajstić information content (AvgIpc) is 2.91. The van der Waals surface area contributed by atoms with Crippen LogP contribution < -0.4 is 10.2 Å². The number of nitrogens with zero attached hydrogens (tertiary/aromatic N) is 1. The molecule has 0 saturated heterocycles. The van der Waals surface area contributed by atoms with E-state index < -0.39 is 17.8 Å². The van der Waals surface area contributed by atoms with Gasteiger partial charge >= 0.3 is 5.97 Å². The quantitative estimate of drug-likeness (QED) is 0.631. The van der Waals surface area contributed by atoms with Crippen molar-refractivity contribution in [3.8, 4) is 0 Å². The van der Waals surface area contributed by atoms with Gasteiger partial charge in [0.2, 0.25) is 0 Å². The molecule has 2 aromatic rings. The molecule has 1 heterocycles. The Morgan fingerprint density at radius 1 is 1.07 bits per heavy atom. The summed E-state index contributed by atoms with van der Waals surface area (Å²) in [6.45, 7) is 1.98. The zero-order valence-electron chi connectivity index (χ0n) is 14.8. The molecule has 0 aromatic heterocycles. The van der Waals surface area contributed by atoms with Crippen LogP contribution in [0, 0.1) is 0 Å². The highest BCUT2D eigenvalue weighted by molar-refractivity contribution is 6.53. The van der Waals surface area contributed by atoms with Crippen molar-refractivity contribution in [2.24, 2.45) is 0 Å². The van der Waals surface area contributed by atoms with Gasteiger partial charge in [-0.25, -0.2) is 9.69 Å². The molecule has 2 amide bonds. The van der Waals surface area contributed by atoms with Crippen LogP contribution in [0.1, 0.15) is 22.8 Å². The molecule has 0 bridgehead atoms. The van der Waals surface area contributed by atoms with Crippen molar-refractivity contribution in [1.29, 1.82) is 0 Å². The molecule has 0 unspecified atom stereocenters. The van der Waals surface area contributed by atoms with Crippen LogP contribution in [-0.4, -0.2) is 24.9 Å². The van der Waals surface area contributed by atoms with Gasteiger partial charge in [0.05, 0.1) is 18.4 Å². The number of benzene rings is 2. The molecule has 0 radical (unpaired) electrons. The van der Waals surface area contributed by atoms with E-state index >= 15 is 0 Å². The lowest BCUT2D eigenvalue weighted by atomic mass is 10.1. The van der Waals surface area contributed by atoms with Crippen LogP contribution in [0.5, 0.6) is 0 Å². The van der Waals surface area contributed by atoms with E-state index in [2.05, 4.69) is 5.32 Å². The number of nitrogens with one attached hydrogen (secondary N) is 1. The van der Waals surface area contributed by atoms with E-state index in [1.165, 1.54) is 19.2 Å². The van der Waals surface area contributed by atoms with Crippen molar-refractivity contribution in [3.05, 3.63) is 70.4 Å². The normalized spacial score (nSPS) is 14.0. The Kier molecular flexibility index (Phi) is 5.28. The lowest BCUT2D eigenvalue weighted by Crippen LogP contribution is -2.33. The molecule has 3 rings (SSSR count). The molecule has 7 heteroatoms. The van der Waals surface area contributed by atoms with E-state index in [-0.39, 0.29) is 22.0 Å². The molecule has 2 aromatic carbocycles. The number of aryl methyl sites for hydroxylation is 1. The van der Waals surface area contributed by atoms with Gasteiger partial charge in [-0.2, -0.15) is 0 Å². The number of amides is 2. The summed E-state index contributed by atoms with van der Waals surface area (Å²) in [5.41, 5.74) is 1.86. The van der Waals surface area contributed by atoms with Crippen LogP contribution in [0.4, 0.5) is 11.4 Å². The molecule has 1 aliphatic heterocycles. The Bertz CT molecular complexity index is 968. The molecule has 6 nitrogen and oxygen atoms in total. The van der Waals surface area contributed by atoms with Gasteiger partial charge in [0.25, 0.3) is 11.8 Å². The summed E-state index contributed by atoms with van der Waals surface area (Å²) in [5.74, 6) is -1.98. The molecule has 0 aliphatic carbocycles. The molecule has 0 saturated carbocycles. The maximum Gasteiger partial charge on any atom is 0.339 e. The maximum absolute atomic E-state index is 12.9. The number of anilines is 2. The highest BCUT2D eigenvalue weighted by atomic mass is 35.5. The van der Waals surface area contributed by atoms with E-state index in [0.29, 0.717) is 5.69 Å². The van der Waals surface area contributed by atoms with Crippen molar-refractivity contribution < 1.29 is 19.1 Å². The number of imide groups is 1. The minimum atomic E-state index is -0.700. The highest BCUT2D eigenvalue weighted by Crippen LogP contribution is 2.33. The third-order valence-electron chi connectivity index (χ3n) is 4.24. The monoisotopic (exact) mass is 384 g/mol. The summed E-state index contributed by atoms with van der Waals surface area (Å²) in [5, 5.41) is 2.74. The van der Waals surface area contributed by atoms with Crippen LogP contribution in [-0.2, 0) is 20.7 Å². The Hall–Kier alpha value is -3.12. The van der Waals surface area contributed by atoms with Crippen molar-refractivity contribution in [2.45, 2.75) is 13.3 Å². The van der Waals surface area contributed by atoms with Gasteiger partial charge in [-0.3, -0.25) is 9.59 Å². The van der Waals surface area contributed by atoms with Crippen LogP contribution in [0.3, 0.4) is 0 Å². The molecule has 1 aliphatic rings. The van der Waals surface area contributed by atoms with Gasteiger partial charge in [-0.1, -0.05) is 48.9 Å². The summed E-state index contributed by atoms with van der Waals surface area (Å²) in [6, 6.07) is 13.6. The number of hydrogen-bond donors (Lipinski definition) is 1. The third kappa shape index (κ3) is 3.31. The van der Waals surface area contributed by atoms with Gasteiger partial charge in [0.15, 0.2) is 0 Å². The summed E-state index contributed by atoms with van der Waals surface area (Å²) in [6.07, 6.45) is 0.741. The van der Waals surface area contributed by atoms with Crippen LogP contribution in [0.2, 0.25) is 0 Å². The Labute approximate surface area is 161 Å². The van der Waals surface area contributed by atoms with E-state index in [9.17, 15) is 14.4 Å². The van der Waals surface area contributed by atoms with Crippen LogP contribution >= 0.6 is 11.6 Å². The lowest BCUT2D eigenvalue weighted by molar-refractivity contribution is -0.120. The number of methoxy groups -OCH3 is 1. The predicted molar refractivity (Wildman–Crippen MR) is 103 cm³/mol. The van der Waals surface area contributed by atoms with E-state index in [4.69, 9.17) is 16.3 Å². The van der Waals surface area contributed by atoms with Gasteiger partial charge in [-0.15, -0.1) is 0 Å². The zero-order chi connectivity index (χ0) is 19.6. The number of halogens is 1.